The molecule has 3 nitrogen and oxygen atoms in total. The number of nitrogens with zero attached hydrogens (tertiary/aromatic N) is 3. The third-order valence-corrected chi connectivity index (χ3v) is 3.83. The van der Waals surface area contributed by atoms with Crippen LogP contribution in [0.3, 0.4) is 0 Å². The minimum absolute atomic E-state index is 0.593. The molecule has 60 valence electrons. The van der Waals surface area contributed by atoms with Gasteiger partial charge in [0.1, 0.15) is 9.77 Å². The zero-order valence-electron chi connectivity index (χ0n) is 6.10. The lowest BCUT2D eigenvalue weighted by Gasteiger charge is -1.91. The number of nitriles is 2. The Balaban J connectivity index is 3.59. The lowest BCUT2D eigenvalue weighted by atomic mass is 10.3. The quantitative estimate of drug-likeness (QED) is 0.646. The normalized spacial score (nSPS) is 9.08. The second-order valence-corrected chi connectivity index (χ2v) is 4.21. The summed E-state index contributed by atoms with van der Waals surface area (Å²) >= 11 is 4.08. The van der Waals surface area contributed by atoms with Gasteiger partial charge in [0.2, 0.25) is 0 Å². The van der Waals surface area contributed by atoms with Crippen molar-refractivity contribution in [1.29, 1.82) is 10.5 Å². The van der Waals surface area contributed by atoms with Gasteiger partial charge >= 0.3 is 0 Å². The van der Waals surface area contributed by atoms with Crippen LogP contribution in [0.5, 0.6) is 0 Å². The molecule has 1 rings (SSSR count). The summed E-state index contributed by atoms with van der Waals surface area (Å²) in [6.45, 7) is 1.83. The smallest absolute Gasteiger partial charge is 0.189 e. The molecule has 0 saturated carbocycles. The average Bonchev–Trinajstić information content (AvgIpc) is 2.25. The molecule has 0 atom stereocenters. The standard InChI is InChI=1S/C7H3I2N3/c1-4-6(8)5(2-10)7(9)12(4)3-11/h1H3. The van der Waals surface area contributed by atoms with E-state index in [0.29, 0.717) is 9.26 Å². The third kappa shape index (κ3) is 1.31. The van der Waals surface area contributed by atoms with Crippen LogP contribution in [-0.4, -0.2) is 4.57 Å². The first-order valence-corrected chi connectivity index (χ1v) is 5.15. The van der Waals surface area contributed by atoms with Gasteiger partial charge < -0.3 is 0 Å². The molecule has 0 aromatic carbocycles. The fraction of sp³-hybridized carbons (Fsp3) is 0.143. The Morgan fingerprint density at radius 3 is 2.17 bits per heavy atom. The summed E-state index contributed by atoms with van der Waals surface area (Å²) in [4.78, 5) is 0. The zero-order valence-corrected chi connectivity index (χ0v) is 10.4. The molecule has 0 bridgehead atoms. The number of rotatable bonds is 0. The molecule has 0 aliphatic rings. The summed E-state index contributed by atoms with van der Waals surface area (Å²) in [6, 6.07) is 2.07. The van der Waals surface area contributed by atoms with Crippen LogP contribution in [0.4, 0.5) is 0 Å². The van der Waals surface area contributed by atoms with Crippen LogP contribution >= 0.6 is 45.2 Å². The Morgan fingerprint density at radius 2 is 1.92 bits per heavy atom. The minimum Gasteiger partial charge on any atom is -0.244 e. The highest BCUT2D eigenvalue weighted by Crippen LogP contribution is 2.24. The number of halogens is 2. The monoisotopic (exact) mass is 383 g/mol. The molecule has 0 radical (unpaired) electrons. The van der Waals surface area contributed by atoms with E-state index in [1.165, 1.54) is 4.57 Å². The molecule has 0 N–H and O–H groups in total. The maximum atomic E-state index is 8.75. The second kappa shape index (κ2) is 3.62. The van der Waals surface area contributed by atoms with Crippen LogP contribution in [0, 0.1) is 37.0 Å². The van der Waals surface area contributed by atoms with E-state index in [1.54, 1.807) is 0 Å². The summed E-state index contributed by atoms with van der Waals surface area (Å²) in [6.07, 6.45) is 2.01. The SMILES string of the molecule is Cc1c(I)c(C#N)c(I)n1C#N. The summed E-state index contributed by atoms with van der Waals surface area (Å²) in [5.74, 6) is 0. The molecular formula is C7H3I2N3. The van der Waals surface area contributed by atoms with E-state index in [-0.39, 0.29) is 0 Å². The van der Waals surface area contributed by atoms with Crippen molar-refractivity contribution in [2.45, 2.75) is 6.92 Å². The Bertz CT molecular complexity index is 368. The molecule has 1 heterocycles. The average molecular weight is 383 g/mol. The van der Waals surface area contributed by atoms with Crippen LogP contribution in [0.1, 0.15) is 11.3 Å². The molecular weight excluding hydrogens is 380 g/mol. The van der Waals surface area contributed by atoms with E-state index in [9.17, 15) is 0 Å². The van der Waals surface area contributed by atoms with Crippen molar-refractivity contribution < 1.29 is 0 Å². The number of aromatic nitrogens is 1. The first-order chi connectivity index (χ1) is 5.63. The predicted octanol–water partition coefficient (Wildman–Crippen LogP) is 2.21. The van der Waals surface area contributed by atoms with E-state index < -0.39 is 0 Å². The van der Waals surface area contributed by atoms with Gasteiger partial charge in [-0.1, -0.05) is 0 Å². The van der Waals surface area contributed by atoms with E-state index in [4.69, 9.17) is 10.5 Å². The minimum atomic E-state index is 0.593. The van der Waals surface area contributed by atoms with Gasteiger partial charge in [-0.05, 0) is 52.1 Å². The first-order valence-electron chi connectivity index (χ1n) is 3.00. The van der Waals surface area contributed by atoms with Crippen LogP contribution in [0.15, 0.2) is 0 Å². The van der Waals surface area contributed by atoms with Crippen molar-refractivity contribution >= 4 is 45.2 Å². The largest absolute Gasteiger partial charge is 0.244 e. The van der Waals surface area contributed by atoms with Crippen molar-refractivity contribution in [2.75, 3.05) is 0 Å². The van der Waals surface area contributed by atoms with Gasteiger partial charge in [-0.25, -0.2) is 4.57 Å². The van der Waals surface area contributed by atoms with Gasteiger partial charge in [0, 0.05) is 5.69 Å². The zero-order chi connectivity index (χ0) is 9.30. The van der Waals surface area contributed by atoms with Crippen molar-refractivity contribution in [1.82, 2.24) is 4.57 Å². The number of hydrogen-bond donors (Lipinski definition) is 0. The first kappa shape index (κ1) is 9.81. The van der Waals surface area contributed by atoms with Crippen LogP contribution < -0.4 is 0 Å². The predicted molar refractivity (Wildman–Crippen MR) is 60.3 cm³/mol. The lowest BCUT2D eigenvalue weighted by Crippen LogP contribution is -1.93. The summed E-state index contributed by atoms with van der Waals surface area (Å²) in [5.41, 5.74) is 1.43. The van der Waals surface area contributed by atoms with E-state index in [0.717, 1.165) is 9.26 Å². The fourth-order valence-corrected chi connectivity index (χ4v) is 2.84. The molecule has 0 fully saturated rings. The second-order valence-electron chi connectivity index (χ2n) is 2.11. The Morgan fingerprint density at radius 1 is 1.33 bits per heavy atom. The molecule has 0 aliphatic carbocycles. The van der Waals surface area contributed by atoms with Crippen molar-refractivity contribution in [3.8, 4) is 12.3 Å². The summed E-state index contributed by atoms with van der Waals surface area (Å²) in [7, 11) is 0. The topological polar surface area (TPSA) is 52.5 Å². The highest BCUT2D eigenvalue weighted by Gasteiger charge is 2.15. The Kier molecular flexibility index (Phi) is 2.96. The molecule has 1 aromatic rings. The van der Waals surface area contributed by atoms with E-state index in [1.807, 2.05) is 35.7 Å². The van der Waals surface area contributed by atoms with E-state index in [2.05, 4.69) is 28.7 Å². The molecule has 0 spiro atoms. The molecule has 1 aromatic heterocycles. The third-order valence-electron chi connectivity index (χ3n) is 1.49. The van der Waals surface area contributed by atoms with Gasteiger partial charge in [-0.3, -0.25) is 0 Å². The van der Waals surface area contributed by atoms with Crippen LogP contribution in [0.25, 0.3) is 0 Å². The van der Waals surface area contributed by atoms with Crippen molar-refractivity contribution in [2.24, 2.45) is 0 Å². The molecule has 0 unspecified atom stereocenters. The van der Waals surface area contributed by atoms with Gasteiger partial charge in [0.15, 0.2) is 6.19 Å². The fourth-order valence-electron chi connectivity index (χ4n) is 0.843. The lowest BCUT2D eigenvalue weighted by molar-refractivity contribution is 1.00. The molecule has 5 heteroatoms. The Hall–Kier alpha value is -0.280. The van der Waals surface area contributed by atoms with Gasteiger partial charge in [-0.2, -0.15) is 10.5 Å². The maximum Gasteiger partial charge on any atom is 0.189 e. The van der Waals surface area contributed by atoms with Gasteiger partial charge in [0.05, 0.1) is 9.13 Å². The summed E-state index contributed by atoms with van der Waals surface area (Å²) < 4.78 is 3.02. The molecule has 0 aliphatic heterocycles. The van der Waals surface area contributed by atoms with Crippen LogP contribution in [-0.2, 0) is 0 Å². The summed E-state index contributed by atoms with van der Waals surface area (Å²) in [5, 5.41) is 17.5. The number of hydrogen-bond acceptors (Lipinski definition) is 2. The highest BCUT2D eigenvalue weighted by molar-refractivity contribution is 14.1. The molecule has 12 heavy (non-hydrogen) atoms. The van der Waals surface area contributed by atoms with Crippen molar-refractivity contribution in [3.05, 3.63) is 18.5 Å². The molecule has 0 amide bonds. The van der Waals surface area contributed by atoms with Gasteiger partial charge in [0.25, 0.3) is 0 Å². The molecule has 0 saturated heterocycles. The van der Waals surface area contributed by atoms with Gasteiger partial charge in [-0.15, -0.1) is 0 Å². The van der Waals surface area contributed by atoms with Crippen LogP contribution in [0.2, 0.25) is 0 Å². The Labute approximate surface area is 97.3 Å². The van der Waals surface area contributed by atoms with Crippen molar-refractivity contribution in [3.63, 3.8) is 0 Å². The maximum absolute atomic E-state index is 8.75. The van der Waals surface area contributed by atoms with E-state index >= 15 is 0 Å². The highest BCUT2D eigenvalue weighted by atomic mass is 127.